The van der Waals surface area contributed by atoms with Gasteiger partial charge in [-0.05, 0) is 43.3 Å². The number of esters is 1. The van der Waals surface area contributed by atoms with Gasteiger partial charge in [0.15, 0.2) is 16.4 Å². The van der Waals surface area contributed by atoms with Gasteiger partial charge < -0.3 is 19.2 Å². The van der Waals surface area contributed by atoms with Crippen molar-refractivity contribution in [3.63, 3.8) is 0 Å². The van der Waals surface area contributed by atoms with Crippen LogP contribution in [0.1, 0.15) is 16.1 Å². The Morgan fingerprint density at radius 3 is 2.59 bits per heavy atom. The van der Waals surface area contributed by atoms with Crippen LogP contribution in [0.3, 0.4) is 0 Å². The summed E-state index contributed by atoms with van der Waals surface area (Å²) in [6.45, 7) is 1.15. The molecule has 9 heteroatoms. The second-order valence-corrected chi connectivity index (χ2v) is 8.36. The molecule has 0 unspecified atom stereocenters. The SMILES string of the molecule is COc1ccc2oc(C(=O)OCC(=O)Nc3cccc(S(C)(=O)=O)c3)c(C)c2c1. The first-order valence-electron chi connectivity index (χ1n) is 8.53. The number of hydrogen-bond acceptors (Lipinski definition) is 7. The second kappa shape index (κ2) is 7.96. The van der Waals surface area contributed by atoms with Gasteiger partial charge in [-0.15, -0.1) is 0 Å². The third-order valence-corrected chi connectivity index (χ3v) is 5.32. The van der Waals surface area contributed by atoms with E-state index in [0.717, 1.165) is 6.26 Å². The molecule has 8 nitrogen and oxygen atoms in total. The predicted molar refractivity (Wildman–Crippen MR) is 106 cm³/mol. The Hall–Kier alpha value is -3.33. The molecule has 0 fully saturated rings. The van der Waals surface area contributed by atoms with Crippen LogP contribution in [-0.4, -0.2) is 40.3 Å². The van der Waals surface area contributed by atoms with Gasteiger partial charge in [0, 0.05) is 22.9 Å². The minimum absolute atomic E-state index is 0.000117. The van der Waals surface area contributed by atoms with E-state index in [9.17, 15) is 18.0 Å². The number of aryl methyl sites for hydroxylation is 1. The molecule has 0 saturated carbocycles. The number of rotatable bonds is 6. The van der Waals surface area contributed by atoms with E-state index in [4.69, 9.17) is 13.9 Å². The summed E-state index contributed by atoms with van der Waals surface area (Å²) in [7, 11) is -1.87. The van der Waals surface area contributed by atoms with Crippen LogP contribution in [-0.2, 0) is 19.4 Å². The van der Waals surface area contributed by atoms with Gasteiger partial charge in [0.2, 0.25) is 5.76 Å². The van der Waals surface area contributed by atoms with Crippen LogP contribution in [0.5, 0.6) is 5.75 Å². The van der Waals surface area contributed by atoms with E-state index < -0.39 is 28.3 Å². The molecule has 0 saturated heterocycles. The standard InChI is InChI=1S/C20H19NO7S/c1-12-16-10-14(26-2)7-8-17(16)28-19(12)20(23)27-11-18(22)21-13-5-4-6-15(9-13)29(3,24)25/h4-10H,11H2,1-3H3,(H,21,22). The van der Waals surface area contributed by atoms with E-state index in [1.165, 1.54) is 31.4 Å². The molecule has 29 heavy (non-hydrogen) atoms. The number of fused-ring (bicyclic) bond motifs is 1. The number of anilines is 1. The van der Waals surface area contributed by atoms with Crippen molar-refractivity contribution >= 4 is 38.4 Å². The molecule has 0 atom stereocenters. The number of hydrogen-bond donors (Lipinski definition) is 1. The Morgan fingerprint density at radius 2 is 1.90 bits per heavy atom. The molecule has 3 rings (SSSR count). The summed E-state index contributed by atoms with van der Waals surface area (Å²) in [6.07, 6.45) is 1.07. The molecule has 0 bridgehead atoms. The largest absolute Gasteiger partial charge is 0.497 e. The second-order valence-electron chi connectivity index (χ2n) is 6.34. The lowest BCUT2D eigenvalue weighted by Crippen LogP contribution is -2.21. The first kappa shape index (κ1) is 20.4. The smallest absolute Gasteiger partial charge is 0.375 e. The van der Waals surface area contributed by atoms with E-state index in [0.29, 0.717) is 22.3 Å². The highest BCUT2D eigenvalue weighted by Gasteiger charge is 2.20. The highest BCUT2D eigenvalue weighted by Crippen LogP contribution is 2.29. The van der Waals surface area contributed by atoms with Crippen molar-refractivity contribution < 1.29 is 31.9 Å². The Bertz CT molecular complexity index is 1190. The van der Waals surface area contributed by atoms with Crippen molar-refractivity contribution in [2.24, 2.45) is 0 Å². The molecule has 1 N–H and O–H groups in total. The third-order valence-electron chi connectivity index (χ3n) is 4.21. The van der Waals surface area contributed by atoms with Crippen molar-refractivity contribution in [3.05, 3.63) is 53.8 Å². The average Bonchev–Trinajstić information content (AvgIpc) is 3.01. The van der Waals surface area contributed by atoms with Gasteiger partial charge in [-0.3, -0.25) is 4.79 Å². The lowest BCUT2D eigenvalue weighted by Gasteiger charge is -2.07. The molecule has 1 heterocycles. The number of carbonyl (C=O) groups is 2. The van der Waals surface area contributed by atoms with Gasteiger partial charge in [0.05, 0.1) is 12.0 Å². The minimum Gasteiger partial charge on any atom is -0.497 e. The molecular formula is C20H19NO7S. The summed E-state index contributed by atoms with van der Waals surface area (Å²) < 4.78 is 38.9. The number of nitrogens with one attached hydrogen (secondary N) is 1. The van der Waals surface area contributed by atoms with Crippen molar-refractivity contribution in [3.8, 4) is 5.75 Å². The molecule has 1 amide bonds. The van der Waals surface area contributed by atoms with Crippen molar-refractivity contribution in [2.45, 2.75) is 11.8 Å². The zero-order chi connectivity index (χ0) is 21.2. The van der Waals surface area contributed by atoms with Gasteiger partial charge in [-0.2, -0.15) is 0 Å². The van der Waals surface area contributed by atoms with Gasteiger partial charge in [0.1, 0.15) is 11.3 Å². The summed E-state index contributed by atoms with van der Waals surface area (Å²) in [5.74, 6) is -0.769. The maximum absolute atomic E-state index is 12.3. The summed E-state index contributed by atoms with van der Waals surface area (Å²) in [5.41, 5.74) is 1.35. The Morgan fingerprint density at radius 1 is 1.14 bits per heavy atom. The van der Waals surface area contributed by atoms with Crippen LogP contribution < -0.4 is 10.1 Å². The lowest BCUT2D eigenvalue weighted by atomic mass is 10.1. The van der Waals surface area contributed by atoms with E-state index in [1.54, 1.807) is 25.1 Å². The molecule has 0 aliphatic heterocycles. The molecule has 0 aliphatic carbocycles. The summed E-state index contributed by atoms with van der Waals surface area (Å²) in [6, 6.07) is 10.9. The van der Waals surface area contributed by atoms with Crippen LogP contribution in [0.2, 0.25) is 0 Å². The van der Waals surface area contributed by atoms with E-state index >= 15 is 0 Å². The van der Waals surface area contributed by atoms with Gasteiger partial charge in [-0.25, -0.2) is 13.2 Å². The number of furan rings is 1. The fraction of sp³-hybridized carbons (Fsp3) is 0.200. The molecule has 0 aliphatic rings. The number of carbonyl (C=O) groups excluding carboxylic acids is 2. The van der Waals surface area contributed by atoms with E-state index in [2.05, 4.69) is 5.32 Å². The molecule has 0 spiro atoms. The van der Waals surface area contributed by atoms with Crippen LogP contribution in [0.25, 0.3) is 11.0 Å². The Kier molecular flexibility index (Phi) is 5.60. The van der Waals surface area contributed by atoms with E-state index in [-0.39, 0.29) is 16.3 Å². The van der Waals surface area contributed by atoms with E-state index in [1.807, 2.05) is 0 Å². The van der Waals surface area contributed by atoms with Crippen molar-refractivity contribution in [2.75, 3.05) is 25.3 Å². The highest BCUT2D eigenvalue weighted by atomic mass is 32.2. The summed E-state index contributed by atoms with van der Waals surface area (Å²) in [4.78, 5) is 24.5. The predicted octanol–water partition coefficient (Wildman–Crippen LogP) is 2.95. The van der Waals surface area contributed by atoms with Crippen LogP contribution in [0.4, 0.5) is 5.69 Å². The monoisotopic (exact) mass is 417 g/mol. The van der Waals surface area contributed by atoms with Gasteiger partial charge >= 0.3 is 5.97 Å². The quantitative estimate of drug-likeness (QED) is 0.614. The normalized spacial score (nSPS) is 11.3. The minimum atomic E-state index is -3.40. The number of sulfone groups is 1. The van der Waals surface area contributed by atoms with Crippen LogP contribution in [0.15, 0.2) is 51.8 Å². The van der Waals surface area contributed by atoms with Gasteiger partial charge in [-0.1, -0.05) is 6.07 Å². The lowest BCUT2D eigenvalue weighted by molar-refractivity contribution is -0.119. The average molecular weight is 417 g/mol. The highest BCUT2D eigenvalue weighted by molar-refractivity contribution is 7.90. The number of amides is 1. The number of methoxy groups -OCH3 is 1. The molecule has 3 aromatic rings. The molecular weight excluding hydrogens is 398 g/mol. The third kappa shape index (κ3) is 4.57. The first-order chi connectivity index (χ1) is 13.7. The Labute approximate surface area is 167 Å². The van der Waals surface area contributed by atoms with Crippen molar-refractivity contribution in [1.29, 1.82) is 0 Å². The number of benzene rings is 2. The molecule has 152 valence electrons. The van der Waals surface area contributed by atoms with Crippen LogP contribution in [0, 0.1) is 6.92 Å². The topological polar surface area (TPSA) is 112 Å². The fourth-order valence-electron chi connectivity index (χ4n) is 2.72. The summed E-state index contributed by atoms with van der Waals surface area (Å²) >= 11 is 0. The fourth-order valence-corrected chi connectivity index (χ4v) is 3.39. The Balaban J connectivity index is 1.67. The maximum atomic E-state index is 12.3. The van der Waals surface area contributed by atoms with Crippen LogP contribution >= 0.6 is 0 Å². The van der Waals surface area contributed by atoms with Crippen molar-refractivity contribution in [1.82, 2.24) is 0 Å². The zero-order valence-corrected chi connectivity index (χ0v) is 16.8. The molecule has 2 aromatic carbocycles. The first-order valence-corrected chi connectivity index (χ1v) is 10.4. The van der Waals surface area contributed by atoms with Gasteiger partial charge in [0.25, 0.3) is 5.91 Å². The zero-order valence-electron chi connectivity index (χ0n) is 16.0. The maximum Gasteiger partial charge on any atom is 0.375 e. The summed E-state index contributed by atoms with van der Waals surface area (Å²) in [5, 5.41) is 3.20. The molecule has 1 aromatic heterocycles. The molecule has 0 radical (unpaired) electrons. The number of ether oxygens (including phenoxy) is 2.